The van der Waals surface area contributed by atoms with Crippen LogP contribution in [-0.2, 0) is 11.3 Å². The molecule has 19 heavy (non-hydrogen) atoms. The molecule has 0 bridgehead atoms. The molecule has 0 fully saturated rings. The SMILES string of the molecule is COc1ccc(CN(C)C(=O)CCC#N)cc1OC. The van der Waals surface area contributed by atoms with Crippen LogP contribution in [-0.4, -0.2) is 32.1 Å². The van der Waals surface area contributed by atoms with E-state index in [4.69, 9.17) is 14.7 Å². The Morgan fingerprint density at radius 1 is 1.32 bits per heavy atom. The summed E-state index contributed by atoms with van der Waals surface area (Å²) in [4.78, 5) is 13.3. The van der Waals surface area contributed by atoms with Gasteiger partial charge >= 0.3 is 0 Å². The number of nitriles is 1. The molecule has 0 N–H and O–H groups in total. The van der Waals surface area contributed by atoms with Gasteiger partial charge in [-0.1, -0.05) is 6.07 Å². The Labute approximate surface area is 113 Å². The maximum absolute atomic E-state index is 11.7. The molecule has 0 aliphatic rings. The van der Waals surface area contributed by atoms with Gasteiger partial charge in [0.25, 0.3) is 0 Å². The highest BCUT2D eigenvalue weighted by Gasteiger charge is 2.10. The molecule has 1 aromatic rings. The molecule has 0 aliphatic heterocycles. The van der Waals surface area contributed by atoms with Gasteiger partial charge in [-0.3, -0.25) is 4.79 Å². The predicted octanol–water partition coefficient (Wildman–Crippen LogP) is 1.97. The van der Waals surface area contributed by atoms with Crippen molar-refractivity contribution in [2.45, 2.75) is 19.4 Å². The second-order valence-electron chi connectivity index (χ2n) is 4.10. The molecule has 1 amide bonds. The molecule has 102 valence electrons. The number of carbonyl (C=O) groups excluding carboxylic acids is 1. The number of ether oxygens (including phenoxy) is 2. The standard InChI is InChI=1S/C14H18N2O3/c1-16(14(17)5-4-8-15)10-11-6-7-12(18-2)13(9-11)19-3/h6-7,9H,4-5,10H2,1-3H3. The van der Waals surface area contributed by atoms with E-state index in [9.17, 15) is 4.79 Å². The topological polar surface area (TPSA) is 62.6 Å². The zero-order chi connectivity index (χ0) is 14.3. The van der Waals surface area contributed by atoms with Crippen molar-refractivity contribution in [1.29, 1.82) is 5.26 Å². The molecule has 0 aromatic heterocycles. The Bertz CT molecular complexity index is 480. The Hall–Kier alpha value is -2.22. The summed E-state index contributed by atoms with van der Waals surface area (Å²) in [6.45, 7) is 0.477. The third-order valence-corrected chi connectivity index (χ3v) is 2.74. The normalized spacial score (nSPS) is 9.58. The van der Waals surface area contributed by atoms with Crippen LogP contribution in [0.2, 0.25) is 0 Å². The van der Waals surface area contributed by atoms with Crippen LogP contribution in [0.4, 0.5) is 0 Å². The smallest absolute Gasteiger partial charge is 0.223 e. The minimum absolute atomic E-state index is 0.0451. The summed E-state index contributed by atoms with van der Waals surface area (Å²) >= 11 is 0. The largest absolute Gasteiger partial charge is 0.493 e. The first-order valence-corrected chi connectivity index (χ1v) is 5.94. The van der Waals surface area contributed by atoms with Crippen molar-refractivity contribution in [2.24, 2.45) is 0 Å². The lowest BCUT2D eigenvalue weighted by molar-refractivity contribution is -0.130. The van der Waals surface area contributed by atoms with E-state index in [1.54, 1.807) is 26.2 Å². The van der Waals surface area contributed by atoms with Crippen molar-refractivity contribution in [2.75, 3.05) is 21.3 Å². The lowest BCUT2D eigenvalue weighted by atomic mass is 10.2. The van der Waals surface area contributed by atoms with Crippen molar-refractivity contribution in [1.82, 2.24) is 4.90 Å². The predicted molar refractivity (Wildman–Crippen MR) is 70.9 cm³/mol. The maximum Gasteiger partial charge on any atom is 0.223 e. The molecule has 1 rings (SSSR count). The van der Waals surface area contributed by atoms with Crippen molar-refractivity contribution in [3.05, 3.63) is 23.8 Å². The van der Waals surface area contributed by atoms with Crippen LogP contribution in [0.15, 0.2) is 18.2 Å². The molecule has 0 spiro atoms. The fourth-order valence-corrected chi connectivity index (χ4v) is 1.69. The summed E-state index contributed by atoms with van der Waals surface area (Å²) in [6.07, 6.45) is 0.495. The lowest BCUT2D eigenvalue weighted by Gasteiger charge is -2.17. The molecule has 0 unspecified atom stereocenters. The summed E-state index contributed by atoms with van der Waals surface area (Å²) < 4.78 is 10.4. The van der Waals surface area contributed by atoms with Gasteiger partial charge in [0.05, 0.1) is 20.3 Å². The average Bonchev–Trinajstić information content (AvgIpc) is 2.44. The van der Waals surface area contributed by atoms with E-state index in [0.717, 1.165) is 5.56 Å². The van der Waals surface area contributed by atoms with E-state index in [0.29, 0.717) is 18.0 Å². The second-order valence-corrected chi connectivity index (χ2v) is 4.10. The van der Waals surface area contributed by atoms with Gasteiger partial charge in [0.1, 0.15) is 0 Å². The molecule has 0 radical (unpaired) electrons. The summed E-state index contributed by atoms with van der Waals surface area (Å²) in [5, 5.41) is 8.46. The molecule has 0 aliphatic carbocycles. The second kappa shape index (κ2) is 7.27. The first-order chi connectivity index (χ1) is 9.12. The fraction of sp³-hybridized carbons (Fsp3) is 0.429. The summed E-state index contributed by atoms with van der Waals surface area (Å²) in [6, 6.07) is 7.50. The van der Waals surface area contributed by atoms with Gasteiger partial charge in [0.15, 0.2) is 11.5 Å². The number of benzene rings is 1. The van der Waals surface area contributed by atoms with Crippen molar-refractivity contribution in [3.8, 4) is 17.6 Å². The van der Waals surface area contributed by atoms with Crippen molar-refractivity contribution >= 4 is 5.91 Å². The Morgan fingerprint density at radius 2 is 2.00 bits per heavy atom. The van der Waals surface area contributed by atoms with Crippen LogP contribution in [0.5, 0.6) is 11.5 Å². The van der Waals surface area contributed by atoms with Crippen molar-refractivity contribution < 1.29 is 14.3 Å². The van der Waals surface area contributed by atoms with E-state index in [1.807, 2.05) is 24.3 Å². The maximum atomic E-state index is 11.7. The van der Waals surface area contributed by atoms with Crippen LogP contribution in [0, 0.1) is 11.3 Å². The quantitative estimate of drug-likeness (QED) is 0.786. The van der Waals surface area contributed by atoms with Crippen LogP contribution in [0.1, 0.15) is 18.4 Å². The first kappa shape index (κ1) is 14.8. The number of methoxy groups -OCH3 is 2. The first-order valence-electron chi connectivity index (χ1n) is 5.94. The Kier molecular flexibility index (Phi) is 5.68. The van der Waals surface area contributed by atoms with Crippen molar-refractivity contribution in [3.63, 3.8) is 0 Å². The van der Waals surface area contributed by atoms with Crippen LogP contribution >= 0.6 is 0 Å². The van der Waals surface area contributed by atoms with Gasteiger partial charge in [0, 0.05) is 26.4 Å². The van der Waals surface area contributed by atoms with E-state index >= 15 is 0 Å². The molecule has 0 atom stereocenters. The highest BCUT2D eigenvalue weighted by molar-refractivity contribution is 5.76. The third-order valence-electron chi connectivity index (χ3n) is 2.74. The fourth-order valence-electron chi connectivity index (χ4n) is 1.69. The van der Waals surface area contributed by atoms with Gasteiger partial charge in [-0.15, -0.1) is 0 Å². The summed E-state index contributed by atoms with van der Waals surface area (Å²) in [5.74, 6) is 1.25. The van der Waals surface area contributed by atoms with Crippen LogP contribution in [0.25, 0.3) is 0 Å². The Morgan fingerprint density at radius 3 is 2.58 bits per heavy atom. The molecule has 0 heterocycles. The number of rotatable bonds is 6. The van der Waals surface area contributed by atoms with E-state index < -0.39 is 0 Å². The molecule has 0 saturated carbocycles. The zero-order valence-electron chi connectivity index (χ0n) is 11.5. The van der Waals surface area contributed by atoms with Gasteiger partial charge in [0.2, 0.25) is 5.91 Å². The number of hydrogen-bond acceptors (Lipinski definition) is 4. The molecular weight excluding hydrogens is 244 g/mol. The Balaban J connectivity index is 2.72. The average molecular weight is 262 g/mol. The minimum atomic E-state index is -0.0451. The monoisotopic (exact) mass is 262 g/mol. The summed E-state index contributed by atoms with van der Waals surface area (Å²) in [5.41, 5.74) is 0.949. The van der Waals surface area contributed by atoms with E-state index in [-0.39, 0.29) is 18.7 Å². The number of hydrogen-bond donors (Lipinski definition) is 0. The third kappa shape index (κ3) is 4.18. The van der Waals surface area contributed by atoms with E-state index in [1.165, 1.54) is 0 Å². The number of amides is 1. The highest BCUT2D eigenvalue weighted by atomic mass is 16.5. The van der Waals surface area contributed by atoms with Gasteiger partial charge in [-0.2, -0.15) is 5.26 Å². The van der Waals surface area contributed by atoms with E-state index in [2.05, 4.69) is 0 Å². The van der Waals surface area contributed by atoms with Crippen LogP contribution < -0.4 is 9.47 Å². The molecule has 0 saturated heterocycles. The zero-order valence-corrected chi connectivity index (χ0v) is 11.5. The van der Waals surface area contributed by atoms with Gasteiger partial charge in [-0.05, 0) is 17.7 Å². The molecule has 5 heteroatoms. The van der Waals surface area contributed by atoms with Gasteiger partial charge in [-0.25, -0.2) is 0 Å². The summed E-state index contributed by atoms with van der Waals surface area (Å²) in [7, 11) is 4.87. The molecular formula is C14H18N2O3. The minimum Gasteiger partial charge on any atom is -0.493 e. The van der Waals surface area contributed by atoms with Gasteiger partial charge < -0.3 is 14.4 Å². The van der Waals surface area contributed by atoms with Crippen LogP contribution in [0.3, 0.4) is 0 Å². The molecule has 1 aromatic carbocycles. The number of nitrogens with zero attached hydrogens (tertiary/aromatic N) is 2. The lowest BCUT2D eigenvalue weighted by Crippen LogP contribution is -2.25. The highest BCUT2D eigenvalue weighted by Crippen LogP contribution is 2.27. The molecule has 5 nitrogen and oxygen atoms in total. The number of carbonyl (C=O) groups is 1.